The lowest BCUT2D eigenvalue weighted by Gasteiger charge is -2.34. The summed E-state index contributed by atoms with van der Waals surface area (Å²) in [5.41, 5.74) is 2.79. The van der Waals surface area contributed by atoms with Crippen LogP contribution in [-0.2, 0) is 0 Å². The van der Waals surface area contributed by atoms with Gasteiger partial charge in [-0.15, -0.1) is 0 Å². The first kappa shape index (κ1) is 10.4. The third-order valence-corrected chi connectivity index (χ3v) is 2.95. The van der Waals surface area contributed by atoms with Crippen LogP contribution in [0.1, 0.15) is 0 Å². The first-order valence-corrected chi connectivity index (χ1v) is 5.46. The molecule has 0 spiro atoms. The van der Waals surface area contributed by atoms with E-state index in [0.29, 0.717) is 0 Å². The summed E-state index contributed by atoms with van der Waals surface area (Å²) in [5.74, 6) is -0.184. The average molecular weight is 224 g/mol. The summed E-state index contributed by atoms with van der Waals surface area (Å²) < 4.78 is 12.7. The molecule has 0 saturated carbocycles. The van der Waals surface area contributed by atoms with Crippen molar-refractivity contribution in [2.24, 2.45) is 0 Å². The zero-order valence-corrected chi connectivity index (χ0v) is 9.21. The Morgan fingerprint density at radius 2 is 1.67 bits per heavy atom. The molecule has 1 aliphatic heterocycles. The summed E-state index contributed by atoms with van der Waals surface area (Å²) in [5, 5.41) is 0. The summed E-state index contributed by atoms with van der Waals surface area (Å²) in [6.45, 7) is 3.78. The van der Waals surface area contributed by atoms with Gasteiger partial charge in [0.1, 0.15) is 5.82 Å². The molecule has 0 atom stereocenters. The summed E-state index contributed by atoms with van der Waals surface area (Å²) in [7, 11) is 0. The number of hydrogen-bond acceptors (Lipinski definition) is 2. The van der Waals surface area contributed by atoms with Crippen LogP contribution in [0.2, 0.25) is 0 Å². The number of halogens is 1. The largest absolute Gasteiger partial charge is 0.368 e. The van der Waals surface area contributed by atoms with Gasteiger partial charge in [-0.05, 0) is 24.3 Å². The number of piperazine rings is 1. The van der Waals surface area contributed by atoms with Crippen LogP contribution >= 0.6 is 12.2 Å². The van der Waals surface area contributed by atoms with Crippen LogP contribution in [0.15, 0.2) is 24.3 Å². The van der Waals surface area contributed by atoms with Crippen LogP contribution in [0, 0.1) is 5.82 Å². The van der Waals surface area contributed by atoms with Crippen LogP contribution < -0.4 is 4.90 Å². The highest BCUT2D eigenvalue weighted by Crippen LogP contribution is 2.16. The summed E-state index contributed by atoms with van der Waals surface area (Å²) in [6.07, 6.45) is 0. The molecule has 0 aromatic heterocycles. The lowest BCUT2D eigenvalue weighted by Crippen LogP contribution is -2.45. The lowest BCUT2D eigenvalue weighted by molar-refractivity contribution is 0.401. The van der Waals surface area contributed by atoms with Crippen molar-refractivity contribution in [3.63, 3.8) is 0 Å². The van der Waals surface area contributed by atoms with Gasteiger partial charge in [0.2, 0.25) is 0 Å². The van der Waals surface area contributed by atoms with E-state index in [4.69, 9.17) is 12.2 Å². The Morgan fingerprint density at radius 1 is 1.07 bits per heavy atom. The van der Waals surface area contributed by atoms with Gasteiger partial charge in [-0.3, -0.25) is 0 Å². The Hall–Kier alpha value is -1.16. The highest BCUT2D eigenvalue weighted by Gasteiger charge is 2.14. The maximum Gasteiger partial charge on any atom is 0.123 e. The Morgan fingerprint density at radius 3 is 2.20 bits per heavy atom. The number of thiocarbonyl (C=S) groups is 1. The van der Waals surface area contributed by atoms with E-state index in [9.17, 15) is 4.39 Å². The van der Waals surface area contributed by atoms with Gasteiger partial charge in [-0.25, -0.2) is 4.39 Å². The van der Waals surface area contributed by atoms with E-state index >= 15 is 0 Å². The minimum absolute atomic E-state index is 0.184. The molecular weight excluding hydrogens is 211 g/mol. The van der Waals surface area contributed by atoms with E-state index in [1.807, 2.05) is 12.1 Å². The number of benzene rings is 1. The Kier molecular flexibility index (Phi) is 3.16. The third kappa shape index (κ3) is 2.45. The standard InChI is InChI=1S/C11H13FN2S/c12-10-1-3-11(4-2-10)14-7-5-13(9-15)6-8-14/h1-4,9H,5-8H2. The van der Waals surface area contributed by atoms with Gasteiger partial charge < -0.3 is 9.80 Å². The van der Waals surface area contributed by atoms with Crippen LogP contribution in [0.3, 0.4) is 0 Å². The minimum atomic E-state index is -0.184. The maximum absolute atomic E-state index is 12.7. The van der Waals surface area contributed by atoms with Crippen molar-refractivity contribution < 1.29 is 4.39 Å². The van der Waals surface area contributed by atoms with Crippen molar-refractivity contribution in [1.82, 2.24) is 4.90 Å². The molecule has 0 unspecified atom stereocenters. The first-order chi connectivity index (χ1) is 7.29. The molecule has 2 rings (SSSR count). The zero-order chi connectivity index (χ0) is 10.7. The lowest BCUT2D eigenvalue weighted by atomic mass is 10.2. The van der Waals surface area contributed by atoms with E-state index in [2.05, 4.69) is 9.80 Å². The number of hydrogen-bond donors (Lipinski definition) is 0. The highest BCUT2D eigenvalue weighted by atomic mass is 32.1. The molecule has 0 N–H and O–H groups in total. The molecule has 4 heteroatoms. The SMILES string of the molecule is Fc1ccc(N2CCN(C=S)CC2)cc1. The third-order valence-electron chi connectivity index (χ3n) is 2.66. The van der Waals surface area contributed by atoms with Crippen molar-refractivity contribution >= 4 is 23.4 Å². The van der Waals surface area contributed by atoms with Gasteiger partial charge in [-0.1, -0.05) is 12.2 Å². The molecule has 1 aromatic rings. The second kappa shape index (κ2) is 4.57. The maximum atomic E-state index is 12.7. The Labute approximate surface area is 94.3 Å². The monoisotopic (exact) mass is 224 g/mol. The van der Waals surface area contributed by atoms with Crippen LogP contribution in [0.4, 0.5) is 10.1 Å². The number of nitrogens with zero attached hydrogens (tertiary/aromatic N) is 2. The molecule has 0 amide bonds. The highest BCUT2D eigenvalue weighted by molar-refractivity contribution is 7.78. The minimum Gasteiger partial charge on any atom is -0.368 e. The molecule has 2 nitrogen and oxygen atoms in total. The molecule has 15 heavy (non-hydrogen) atoms. The second-order valence-corrected chi connectivity index (χ2v) is 3.82. The van der Waals surface area contributed by atoms with Crippen molar-refractivity contribution in [3.05, 3.63) is 30.1 Å². The fourth-order valence-corrected chi connectivity index (χ4v) is 1.95. The van der Waals surface area contributed by atoms with E-state index in [0.717, 1.165) is 31.9 Å². The van der Waals surface area contributed by atoms with Gasteiger partial charge in [0.15, 0.2) is 0 Å². The molecule has 1 aliphatic rings. The van der Waals surface area contributed by atoms with E-state index < -0.39 is 0 Å². The fourth-order valence-electron chi connectivity index (χ4n) is 1.74. The quantitative estimate of drug-likeness (QED) is 0.708. The van der Waals surface area contributed by atoms with E-state index in [1.165, 1.54) is 12.1 Å². The molecule has 1 saturated heterocycles. The molecule has 1 heterocycles. The smallest absolute Gasteiger partial charge is 0.123 e. The number of anilines is 1. The molecule has 1 fully saturated rings. The Bertz CT molecular complexity index is 331. The molecular formula is C11H13FN2S. The van der Waals surface area contributed by atoms with E-state index in [-0.39, 0.29) is 5.82 Å². The molecule has 0 radical (unpaired) electrons. The predicted octanol–water partition coefficient (Wildman–Crippen LogP) is 1.90. The molecule has 80 valence electrons. The summed E-state index contributed by atoms with van der Waals surface area (Å²) >= 11 is 4.88. The average Bonchev–Trinajstić information content (AvgIpc) is 2.30. The van der Waals surface area contributed by atoms with Gasteiger partial charge in [0, 0.05) is 31.9 Å². The van der Waals surface area contributed by atoms with Crippen molar-refractivity contribution in [2.75, 3.05) is 31.1 Å². The van der Waals surface area contributed by atoms with Gasteiger partial charge in [0.25, 0.3) is 0 Å². The van der Waals surface area contributed by atoms with Crippen molar-refractivity contribution in [1.29, 1.82) is 0 Å². The molecule has 0 bridgehead atoms. The summed E-state index contributed by atoms with van der Waals surface area (Å²) in [6, 6.07) is 6.65. The fraction of sp³-hybridized carbons (Fsp3) is 0.364. The first-order valence-electron chi connectivity index (χ1n) is 4.99. The second-order valence-electron chi connectivity index (χ2n) is 3.60. The van der Waals surface area contributed by atoms with Crippen LogP contribution in [-0.4, -0.2) is 36.6 Å². The number of rotatable bonds is 2. The molecule has 0 aliphatic carbocycles. The van der Waals surface area contributed by atoms with Crippen molar-refractivity contribution in [3.8, 4) is 0 Å². The molecule has 1 aromatic carbocycles. The van der Waals surface area contributed by atoms with Crippen LogP contribution in [0.5, 0.6) is 0 Å². The normalized spacial score (nSPS) is 16.6. The van der Waals surface area contributed by atoms with Gasteiger partial charge >= 0.3 is 0 Å². The topological polar surface area (TPSA) is 6.48 Å². The Balaban J connectivity index is 2.01. The van der Waals surface area contributed by atoms with Crippen LogP contribution in [0.25, 0.3) is 0 Å². The summed E-state index contributed by atoms with van der Waals surface area (Å²) in [4.78, 5) is 4.37. The van der Waals surface area contributed by atoms with E-state index in [1.54, 1.807) is 5.49 Å². The van der Waals surface area contributed by atoms with Gasteiger partial charge in [-0.2, -0.15) is 0 Å². The predicted molar refractivity (Wildman–Crippen MR) is 63.8 cm³/mol. The van der Waals surface area contributed by atoms with Gasteiger partial charge in [0.05, 0.1) is 5.49 Å². The van der Waals surface area contributed by atoms with Crippen molar-refractivity contribution in [2.45, 2.75) is 0 Å². The zero-order valence-electron chi connectivity index (χ0n) is 8.40.